The van der Waals surface area contributed by atoms with E-state index in [1.807, 2.05) is 35.4 Å². The van der Waals surface area contributed by atoms with Gasteiger partial charge in [0.1, 0.15) is 0 Å². The van der Waals surface area contributed by atoms with Crippen LogP contribution in [0.1, 0.15) is 23.4 Å². The van der Waals surface area contributed by atoms with Crippen LogP contribution in [-0.2, 0) is 27.8 Å². The van der Waals surface area contributed by atoms with Crippen LogP contribution in [0.5, 0.6) is 0 Å². The molecule has 0 radical (unpaired) electrons. The molecule has 144 valence electrons. The molecule has 3 heterocycles. The molecule has 2 aliphatic heterocycles. The summed E-state index contributed by atoms with van der Waals surface area (Å²) < 4.78 is 7.57. The highest BCUT2D eigenvalue weighted by molar-refractivity contribution is 5.77. The average Bonchev–Trinajstić information content (AvgIpc) is 2.73. The molecule has 3 rings (SSSR count). The molecule has 2 atom stereocenters. The van der Waals surface area contributed by atoms with E-state index in [1.165, 1.54) is 0 Å². The van der Waals surface area contributed by atoms with E-state index < -0.39 is 5.97 Å². The Morgan fingerprint density at radius 1 is 1.23 bits per heavy atom. The number of hydrogen-bond donors (Lipinski definition) is 1. The minimum atomic E-state index is -0.828. The molecule has 1 aromatic heterocycles. The maximum atomic E-state index is 12.9. The summed E-state index contributed by atoms with van der Waals surface area (Å²) in [6.07, 6.45) is 1.12. The lowest BCUT2D eigenvalue weighted by Gasteiger charge is -2.30. The molecule has 0 aliphatic carbocycles. The topological polar surface area (TPSA) is 87.9 Å². The van der Waals surface area contributed by atoms with Gasteiger partial charge in [-0.25, -0.2) is 0 Å². The molecule has 2 bridgehead atoms. The highest BCUT2D eigenvalue weighted by atomic mass is 16.5. The zero-order chi connectivity index (χ0) is 18.8. The Morgan fingerprint density at radius 2 is 2.00 bits per heavy atom. The van der Waals surface area contributed by atoms with Crippen LogP contribution < -0.4 is 0 Å². The van der Waals surface area contributed by atoms with Gasteiger partial charge in [-0.15, -0.1) is 0 Å². The standard InChI is InChI=1S/C18H28N4O4/c1-12-16(13(2)20(3)19-12)4-5-17(23)22-7-14-6-21(9-18(24)25)8-15(22)11-26-10-14/h14-15H,4-11H2,1-3H3,(H,24,25)/t14-,15-/m0/s1. The van der Waals surface area contributed by atoms with Gasteiger partial charge < -0.3 is 14.7 Å². The van der Waals surface area contributed by atoms with Crippen LogP contribution >= 0.6 is 0 Å². The van der Waals surface area contributed by atoms with Crippen molar-refractivity contribution in [3.05, 3.63) is 17.0 Å². The number of carboxylic acid groups (broad SMARTS) is 1. The number of ether oxygens (including phenoxy) is 1. The number of hydrogen-bond acceptors (Lipinski definition) is 5. The number of fused-ring (bicyclic) bond motifs is 3. The highest BCUT2D eigenvalue weighted by Crippen LogP contribution is 2.22. The quantitative estimate of drug-likeness (QED) is 0.804. The van der Waals surface area contributed by atoms with Crippen LogP contribution in [-0.4, -0.2) is 82.0 Å². The second kappa shape index (κ2) is 7.75. The Morgan fingerprint density at radius 3 is 2.65 bits per heavy atom. The van der Waals surface area contributed by atoms with Crippen LogP contribution in [0.25, 0.3) is 0 Å². The molecule has 0 saturated carbocycles. The third kappa shape index (κ3) is 4.07. The molecule has 26 heavy (non-hydrogen) atoms. The van der Waals surface area contributed by atoms with Crippen LogP contribution in [0.4, 0.5) is 0 Å². The van der Waals surface area contributed by atoms with E-state index in [9.17, 15) is 9.59 Å². The van der Waals surface area contributed by atoms with E-state index in [0.717, 1.165) is 17.0 Å². The Kier molecular flexibility index (Phi) is 5.62. The van der Waals surface area contributed by atoms with Crippen LogP contribution in [0.2, 0.25) is 0 Å². The third-order valence-corrected chi connectivity index (χ3v) is 5.47. The van der Waals surface area contributed by atoms with Gasteiger partial charge in [-0.3, -0.25) is 19.2 Å². The fourth-order valence-corrected chi connectivity index (χ4v) is 4.12. The second-order valence-electron chi connectivity index (χ2n) is 7.46. The maximum absolute atomic E-state index is 12.9. The van der Waals surface area contributed by atoms with Gasteiger partial charge in [0.15, 0.2) is 0 Å². The van der Waals surface area contributed by atoms with E-state index in [0.29, 0.717) is 45.7 Å². The number of nitrogens with zero attached hydrogens (tertiary/aromatic N) is 4. The lowest BCUT2D eigenvalue weighted by Crippen LogP contribution is -2.47. The summed E-state index contributed by atoms with van der Waals surface area (Å²) in [6, 6.07) is -0.0783. The lowest BCUT2D eigenvalue weighted by molar-refractivity contribution is -0.138. The van der Waals surface area contributed by atoms with Crippen LogP contribution in [0.15, 0.2) is 0 Å². The molecule has 2 aliphatic rings. The highest BCUT2D eigenvalue weighted by Gasteiger charge is 2.36. The molecule has 8 heteroatoms. The van der Waals surface area contributed by atoms with Crippen molar-refractivity contribution in [1.82, 2.24) is 19.6 Å². The van der Waals surface area contributed by atoms with Crippen molar-refractivity contribution >= 4 is 11.9 Å². The Balaban J connectivity index is 1.67. The van der Waals surface area contributed by atoms with E-state index in [2.05, 4.69) is 5.10 Å². The predicted octanol–water partition coefficient (Wildman–Crippen LogP) is 0.213. The summed E-state index contributed by atoms with van der Waals surface area (Å²) in [5.74, 6) is -0.552. The third-order valence-electron chi connectivity index (χ3n) is 5.47. The Labute approximate surface area is 153 Å². The van der Waals surface area contributed by atoms with Crippen molar-refractivity contribution in [2.24, 2.45) is 13.0 Å². The predicted molar refractivity (Wildman–Crippen MR) is 94.9 cm³/mol. The molecule has 1 N–H and O–H groups in total. The first-order valence-electron chi connectivity index (χ1n) is 9.15. The first-order valence-corrected chi connectivity index (χ1v) is 9.15. The molecule has 1 amide bonds. The maximum Gasteiger partial charge on any atom is 0.317 e. The first-order chi connectivity index (χ1) is 12.3. The fraction of sp³-hybridized carbons (Fsp3) is 0.722. The normalized spacial score (nSPS) is 23.7. The van der Waals surface area contributed by atoms with Crippen LogP contribution in [0.3, 0.4) is 0 Å². The average molecular weight is 364 g/mol. The van der Waals surface area contributed by atoms with Gasteiger partial charge in [0.25, 0.3) is 0 Å². The van der Waals surface area contributed by atoms with Gasteiger partial charge in [-0.05, 0) is 25.8 Å². The molecule has 8 nitrogen and oxygen atoms in total. The van der Waals surface area contributed by atoms with Gasteiger partial charge >= 0.3 is 5.97 Å². The second-order valence-corrected chi connectivity index (χ2v) is 7.46. The molecular formula is C18H28N4O4. The number of aromatic nitrogens is 2. The van der Waals surface area contributed by atoms with E-state index >= 15 is 0 Å². The minimum Gasteiger partial charge on any atom is -0.480 e. The molecule has 1 aromatic rings. The van der Waals surface area contributed by atoms with Crippen LogP contribution in [0, 0.1) is 19.8 Å². The summed E-state index contributed by atoms with van der Waals surface area (Å²) in [6.45, 7) is 6.93. The monoisotopic (exact) mass is 364 g/mol. The summed E-state index contributed by atoms with van der Waals surface area (Å²) >= 11 is 0. The molecule has 0 aromatic carbocycles. The van der Waals surface area contributed by atoms with Gasteiger partial charge in [-0.1, -0.05) is 0 Å². The van der Waals surface area contributed by atoms with Gasteiger partial charge in [0.2, 0.25) is 5.91 Å². The SMILES string of the molecule is Cc1nn(C)c(C)c1CCC(=O)N1C[C@H]2COC[C@@H]1CN(CC(=O)O)C2. The molecular weight excluding hydrogens is 336 g/mol. The summed E-state index contributed by atoms with van der Waals surface area (Å²) in [4.78, 5) is 27.9. The minimum absolute atomic E-state index is 0.0170. The summed E-state index contributed by atoms with van der Waals surface area (Å²) in [5, 5.41) is 13.5. The van der Waals surface area contributed by atoms with Crippen molar-refractivity contribution in [2.75, 3.05) is 39.4 Å². The number of aliphatic carboxylic acids is 1. The van der Waals surface area contributed by atoms with E-state index in [4.69, 9.17) is 9.84 Å². The number of carbonyl (C=O) groups is 2. The number of rotatable bonds is 5. The molecule has 0 spiro atoms. The van der Waals surface area contributed by atoms with Crippen molar-refractivity contribution in [3.63, 3.8) is 0 Å². The largest absolute Gasteiger partial charge is 0.480 e. The van der Waals surface area contributed by atoms with Gasteiger partial charge in [-0.2, -0.15) is 5.10 Å². The van der Waals surface area contributed by atoms with Gasteiger partial charge in [0.05, 0.1) is 31.5 Å². The Bertz CT molecular complexity index is 687. The zero-order valence-corrected chi connectivity index (χ0v) is 15.8. The Hall–Kier alpha value is -1.93. The molecule has 2 saturated heterocycles. The van der Waals surface area contributed by atoms with Crippen molar-refractivity contribution in [1.29, 1.82) is 0 Å². The summed E-state index contributed by atoms with van der Waals surface area (Å²) in [7, 11) is 1.92. The zero-order valence-electron chi connectivity index (χ0n) is 15.8. The number of carbonyl (C=O) groups excluding carboxylic acids is 1. The number of carboxylic acids is 1. The van der Waals surface area contributed by atoms with E-state index in [1.54, 1.807) is 0 Å². The first kappa shape index (κ1) is 18.8. The van der Waals surface area contributed by atoms with Crippen molar-refractivity contribution < 1.29 is 19.4 Å². The smallest absolute Gasteiger partial charge is 0.317 e. The number of amides is 1. The summed E-state index contributed by atoms with van der Waals surface area (Å²) in [5.41, 5.74) is 3.21. The van der Waals surface area contributed by atoms with E-state index in [-0.39, 0.29) is 24.4 Å². The van der Waals surface area contributed by atoms with Gasteiger partial charge in [0, 0.05) is 44.7 Å². The fourth-order valence-electron chi connectivity index (χ4n) is 4.12. The lowest BCUT2D eigenvalue weighted by atomic mass is 10.1. The molecule has 0 unspecified atom stereocenters. The molecule has 2 fully saturated rings. The van der Waals surface area contributed by atoms with Crippen molar-refractivity contribution in [2.45, 2.75) is 32.7 Å². The number of aryl methyl sites for hydroxylation is 2. The van der Waals surface area contributed by atoms with Crippen molar-refractivity contribution in [3.8, 4) is 0 Å².